The van der Waals surface area contributed by atoms with Crippen molar-refractivity contribution in [2.45, 2.75) is 4.90 Å². The highest BCUT2D eigenvalue weighted by Gasteiger charge is 2.16. The largest absolute Gasteiger partial charge is 0.497 e. The van der Waals surface area contributed by atoms with Crippen LogP contribution in [0.1, 0.15) is 15.9 Å². The number of ketones is 1. The Bertz CT molecular complexity index is 611. The van der Waals surface area contributed by atoms with Crippen LogP contribution in [0.5, 0.6) is 5.75 Å². The molecule has 0 aromatic heterocycles. The van der Waals surface area contributed by atoms with Crippen LogP contribution in [0.3, 0.4) is 0 Å². The molecule has 0 unspecified atom stereocenters. The Morgan fingerprint density at radius 2 is 1.89 bits per heavy atom. The molecule has 0 saturated heterocycles. The van der Waals surface area contributed by atoms with E-state index < -0.39 is 0 Å². The Hall–Kier alpha value is -1.45. The molecule has 2 aromatic rings. The molecule has 4 heteroatoms. The minimum Gasteiger partial charge on any atom is -0.497 e. The third kappa shape index (κ3) is 2.94. The van der Waals surface area contributed by atoms with E-state index in [1.807, 2.05) is 30.5 Å². The summed E-state index contributed by atoms with van der Waals surface area (Å²) in [5.41, 5.74) is 1.16. The van der Waals surface area contributed by atoms with Crippen molar-refractivity contribution in [2.75, 3.05) is 13.4 Å². The van der Waals surface area contributed by atoms with Gasteiger partial charge in [0.15, 0.2) is 5.78 Å². The fraction of sp³-hybridized carbons (Fsp3) is 0.133. The molecule has 0 aliphatic carbocycles. The van der Waals surface area contributed by atoms with Gasteiger partial charge in [-0.1, -0.05) is 23.7 Å². The summed E-state index contributed by atoms with van der Waals surface area (Å²) in [7, 11) is 1.57. The first-order valence-electron chi connectivity index (χ1n) is 5.68. The predicted octanol–water partition coefficient (Wildman–Crippen LogP) is 4.30. The second-order valence-electron chi connectivity index (χ2n) is 3.88. The predicted molar refractivity (Wildman–Crippen MR) is 79.7 cm³/mol. The molecule has 0 aliphatic rings. The van der Waals surface area contributed by atoms with Gasteiger partial charge in [-0.25, -0.2) is 0 Å². The highest BCUT2D eigenvalue weighted by atomic mass is 35.5. The van der Waals surface area contributed by atoms with E-state index in [0.717, 1.165) is 4.90 Å². The van der Waals surface area contributed by atoms with Crippen molar-refractivity contribution in [3.05, 3.63) is 58.6 Å². The Morgan fingerprint density at radius 1 is 1.16 bits per heavy atom. The smallest absolute Gasteiger partial charge is 0.195 e. The summed E-state index contributed by atoms with van der Waals surface area (Å²) in [6.07, 6.45) is 1.95. The Morgan fingerprint density at radius 3 is 2.53 bits per heavy atom. The second kappa shape index (κ2) is 6.13. The molecule has 0 bridgehead atoms. The molecular weight excluding hydrogens is 280 g/mol. The van der Waals surface area contributed by atoms with Crippen LogP contribution in [0.2, 0.25) is 5.02 Å². The maximum Gasteiger partial charge on any atom is 0.195 e. The molecule has 0 N–H and O–H groups in total. The summed E-state index contributed by atoms with van der Waals surface area (Å²) in [6.45, 7) is 0. The van der Waals surface area contributed by atoms with Gasteiger partial charge in [0.2, 0.25) is 0 Å². The van der Waals surface area contributed by atoms with Crippen LogP contribution < -0.4 is 4.74 Å². The molecule has 0 aliphatic heterocycles. The minimum absolute atomic E-state index is 0.0717. The van der Waals surface area contributed by atoms with Crippen molar-refractivity contribution in [1.29, 1.82) is 0 Å². The Kier molecular flexibility index (Phi) is 4.51. The van der Waals surface area contributed by atoms with Gasteiger partial charge in [0, 0.05) is 16.0 Å². The summed E-state index contributed by atoms with van der Waals surface area (Å²) >= 11 is 7.68. The second-order valence-corrected chi connectivity index (χ2v) is 5.13. The molecule has 98 valence electrons. The zero-order valence-electron chi connectivity index (χ0n) is 10.6. The summed E-state index contributed by atoms with van der Waals surface area (Å²) in [6, 6.07) is 12.6. The lowest BCUT2D eigenvalue weighted by Gasteiger charge is -2.08. The highest BCUT2D eigenvalue weighted by molar-refractivity contribution is 7.98. The van der Waals surface area contributed by atoms with Crippen molar-refractivity contribution >= 4 is 29.1 Å². The van der Waals surface area contributed by atoms with Gasteiger partial charge in [-0.2, -0.15) is 0 Å². The van der Waals surface area contributed by atoms with Gasteiger partial charge >= 0.3 is 0 Å². The lowest BCUT2D eigenvalue weighted by atomic mass is 10.0. The Balaban J connectivity index is 2.44. The molecule has 0 atom stereocenters. The molecule has 0 saturated carbocycles. The number of benzene rings is 2. The lowest BCUT2D eigenvalue weighted by molar-refractivity contribution is 0.103. The number of thioether (sulfide) groups is 1. The number of halogens is 1. The number of hydrogen-bond acceptors (Lipinski definition) is 3. The molecule has 0 amide bonds. The van der Waals surface area contributed by atoms with Crippen LogP contribution in [0.15, 0.2) is 47.4 Å². The van der Waals surface area contributed by atoms with E-state index in [9.17, 15) is 4.79 Å². The maximum atomic E-state index is 12.5. The monoisotopic (exact) mass is 292 g/mol. The molecular formula is C15H13ClO2S. The third-order valence-corrected chi connectivity index (χ3v) is 3.88. The van der Waals surface area contributed by atoms with Crippen LogP contribution in [0, 0.1) is 0 Å². The fourth-order valence-electron chi connectivity index (χ4n) is 1.78. The zero-order valence-corrected chi connectivity index (χ0v) is 12.2. The van der Waals surface area contributed by atoms with Crippen molar-refractivity contribution in [3.63, 3.8) is 0 Å². The SMILES string of the molecule is COc1ccc(C(=O)c2ccccc2SC)c(Cl)c1. The number of methoxy groups -OCH3 is 1. The van der Waals surface area contributed by atoms with E-state index in [1.165, 1.54) is 0 Å². The number of carbonyl (C=O) groups is 1. The third-order valence-electron chi connectivity index (χ3n) is 2.77. The zero-order chi connectivity index (χ0) is 13.8. The molecule has 2 aromatic carbocycles. The van der Waals surface area contributed by atoms with E-state index in [-0.39, 0.29) is 5.78 Å². The molecule has 2 nitrogen and oxygen atoms in total. The van der Waals surface area contributed by atoms with Gasteiger partial charge in [-0.15, -0.1) is 11.8 Å². The molecule has 2 rings (SSSR count). The molecule has 0 spiro atoms. The highest BCUT2D eigenvalue weighted by Crippen LogP contribution is 2.28. The van der Waals surface area contributed by atoms with Gasteiger partial charge in [0.25, 0.3) is 0 Å². The van der Waals surface area contributed by atoms with E-state index >= 15 is 0 Å². The van der Waals surface area contributed by atoms with Gasteiger partial charge in [-0.3, -0.25) is 4.79 Å². The van der Waals surface area contributed by atoms with Gasteiger partial charge in [-0.05, 0) is 36.6 Å². The van der Waals surface area contributed by atoms with Crippen molar-refractivity contribution < 1.29 is 9.53 Å². The lowest BCUT2D eigenvalue weighted by Crippen LogP contribution is -2.04. The standard InChI is InChI=1S/C15H13ClO2S/c1-18-10-7-8-11(13(16)9-10)15(17)12-5-3-4-6-14(12)19-2/h3-9H,1-2H3. The quantitative estimate of drug-likeness (QED) is 0.621. The van der Waals surface area contributed by atoms with Crippen LogP contribution >= 0.6 is 23.4 Å². The summed E-state index contributed by atoms with van der Waals surface area (Å²) in [5.74, 6) is 0.567. The number of rotatable bonds is 4. The first-order valence-corrected chi connectivity index (χ1v) is 7.29. The molecule has 0 heterocycles. The first kappa shape index (κ1) is 14.0. The normalized spacial score (nSPS) is 10.3. The summed E-state index contributed by atoms with van der Waals surface area (Å²) in [4.78, 5) is 13.5. The number of ether oxygens (including phenoxy) is 1. The van der Waals surface area contributed by atoms with Gasteiger partial charge in [0.05, 0.1) is 12.1 Å². The molecule has 19 heavy (non-hydrogen) atoms. The Labute approximate surface area is 121 Å². The van der Waals surface area contributed by atoms with E-state index in [2.05, 4.69) is 0 Å². The number of hydrogen-bond donors (Lipinski definition) is 0. The minimum atomic E-state index is -0.0717. The average Bonchev–Trinajstić information content (AvgIpc) is 2.46. The van der Waals surface area contributed by atoms with Crippen molar-refractivity contribution in [1.82, 2.24) is 0 Å². The van der Waals surface area contributed by atoms with Crippen LogP contribution in [0.25, 0.3) is 0 Å². The maximum absolute atomic E-state index is 12.5. The summed E-state index contributed by atoms with van der Waals surface area (Å²) in [5, 5.41) is 0.403. The van der Waals surface area contributed by atoms with Gasteiger partial charge in [0.1, 0.15) is 5.75 Å². The van der Waals surface area contributed by atoms with Crippen molar-refractivity contribution in [2.24, 2.45) is 0 Å². The van der Waals surface area contributed by atoms with Gasteiger partial charge < -0.3 is 4.74 Å². The summed E-state index contributed by atoms with van der Waals surface area (Å²) < 4.78 is 5.08. The van der Waals surface area contributed by atoms with E-state index in [4.69, 9.17) is 16.3 Å². The van der Waals surface area contributed by atoms with Crippen molar-refractivity contribution in [3.8, 4) is 5.75 Å². The fourth-order valence-corrected chi connectivity index (χ4v) is 2.64. The number of carbonyl (C=O) groups excluding carboxylic acids is 1. The molecule has 0 radical (unpaired) electrons. The van der Waals surface area contributed by atoms with E-state index in [0.29, 0.717) is 21.9 Å². The first-order chi connectivity index (χ1) is 9.17. The van der Waals surface area contributed by atoms with Crippen LogP contribution in [-0.2, 0) is 0 Å². The average molecular weight is 293 g/mol. The van der Waals surface area contributed by atoms with Crippen LogP contribution in [-0.4, -0.2) is 19.1 Å². The molecule has 0 fully saturated rings. The van der Waals surface area contributed by atoms with Crippen LogP contribution in [0.4, 0.5) is 0 Å². The topological polar surface area (TPSA) is 26.3 Å². The van der Waals surface area contributed by atoms with E-state index in [1.54, 1.807) is 37.1 Å².